The van der Waals surface area contributed by atoms with E-state index in [-0.39, 0.29) is 0 Å². The molecule has 8 aromatic rings. The molecule has 0 saturated heterocycles. The molecule has 210 valence electrons. The van der Waals surface area contributed by atoms with Crippen LogP contribution in [0.1, 0.15) is 22.3 Å². The molecule has 3 heteroatoms. The lowest BCUT2D eigenvalue weighted by Gasteiger charge is -2.33. The van der Waals surface area contributed by atoms with Gasteiger partial charge in [0.05, 0.1) is 27.8 Å². The van der Waals surface area contributed by atoms with Gasteiger partial charge >= 0.3 is 0 Å². The first kappa shape index (κ1) is 25.6. The SMILES string of the molecule is c1ccc(-c2ccc3ccc4ccc(-c5cccc6c5-c5ccccc5C6(c5ccccc5)c5cccnc5)nc4c3n2)cc1. The summed E-state index contributed by atoms with van der Waals surface area (Å²) >= 11 is 0. The second-order valence-corrected chi connectivity index (χ2v) is 11.6. The van der Waals surface area contributed by atoms with E-state index in [1.807, 2.05) is 24.5 Å². The number of aromatic nitrogens is 3. The van der Waals surface area contributed by atoms with Gasteiger partial charge in [0.2, 0.25) is 0 Å². The van der Waals surface area contributed by atoms with Crippen LogP contribution in [-0.2, 0) is 5.41 Å². The molecule has 0 spiro atoms. The average molecular weight is 574 g/mol. The average Bonchev–Trinajstić information content (AvgIpc) is 3.43. The number of nitrogens with zero attached hydrogens (tertiary/aromatic N) is 3. The number of hydrogen-bond donors (Lipinski definition) is 0. The summed E-state index contributed by atoms with van der Waals surface area (Å²) in [5, 5.41) is 2.15. The predicted molar refractivity (Wildman–Crippen MR) is 183 cm³/mol. The van der Waals surface area contributed by atoms with E-state index >= 15 is 0 Å². The second kappa shape index (κ2) is 10.1. The minimum absolute atomic E-state index is 0.507. The van der Waals surface area contributed by atoms with Crippen LogP contribution in [0.25, 0.3) is 55.4 Å². The maximum Gasteiger partial charge on any atom is 0.0972 e. The summed E-state index contributed by atoms with van der Waals surface area (Å²) in [5.74, 6) is 0. The third kappa shape index (κ3) is 3.81. The van der Waals surface area contributed by atoms with Crippen molar-refractivity contribution in [2.24, 2.45) is 0 Å². The van der Waals surface area contributed by atoms with Crippen LogP contribution in [0.3, 0.4) is 0 Å². The van der Waals surface area contributed by atoms with Crippen molar-refractivity contribution in [2.45, 2.75) is 5.41 Å². The maximum atomic E-state index is 5.38. The van der Waals surface area contributed by atoms with Gasteiger partial charge < -0.3 is 0 Å². The van der Waals surface area contributed by atoms with E-state index in [2.05, 4.69) is 145 Å². The Hall–Kier alpha value is -5.93. The van der Waals surface area contributed by atoms with E-state index in [9.17, 15) is 0 Å². The molecule has 1 unspecified atom stereocenters. The van der Waals surface area contributed by atoms with Crippen LogP contribution in [0.2, 0.25) is 0 Å². The van der Waals surface area contributed by atoms with Crippen molar-refractivity contribution in [2.75, 3.05) is 0 Å². The van der Waals surface area contributed by atoms with Crippen LogP contribution in [-0.4, -0.2) is 15.0 Å². The third-order valence-corrected chi connectivity index (χ3v) is 9.24. The zero-order valence-electron chi connectivity index (χ0n) is 24.4. The Morgan fingerprint density at radius 1 is 0.422 bits per heavy atom. The van der Waals surface area contributed by atoms with Gasteiger partial charge in [-0.25, -0.2) is 9.97 Å². The molecule has 1 aliphatic carbocycles. The predicted octanol–water partition coefficient (Wildman–Crippen LogP) is 9.88. The van der Waals surface area contributed by atoms with E-state index in [1.54, 1.807) is 0 Å². The van der Waals surface area contributed by atoms with Gasteiger partial charge in [-0.3, -0.25) is 4.98 Å². The summed E-state index contributed by atoms with van der Waals surface area (Å²) in [7, 11) is 0. The molecule has 3 heterocycles. The molecule has 1 aliphatic rings. The summed E-state index contributed by atoms with van der Waals surface area (Å²) in [6.45, 7) is 0. The molecule has 3 nitrogen and oxygen atoms in total. The van der Waals surface area contributed by atoms with E-state index in [1.165, 1.54) is 27.8 Å². The number of hydrogen-bond acceptors (Lipinski definition) is 3. The lowest BCUT2D eigenvalue weighted by molar-refractivity contribution is 0.763. The normalized spacial score (nSPS) is 15.2. The summed E-state index contributed by atoms with van der Waals surface area (Å²) in [4.78, 5) is 15.1. The van der Waals surface area contributed by atoms with Gasteiger partial charge in [-0.15, -0.1) is 0 Å². The molecule has 0 amide bonds. The largest absolute Gasteiger partial charge is 0.264 e. The minimum Gasteiger partial charge on any atom is -0.264 e. The van der Waals surface area contributed by atoms with Gasteiger partial charge in [0.1, 0.15) is 0 Å². The van der Waals surface area contributed by atoms with Crippen LogP contribution in [0, 0.1) is 0 Å². The first-order valence-corrected chi connectivity index (χ1v) is 15.3. The fraction of sp³-hybridized carbons (Fsp3) is 0.0238. The lowest BCUT2D eigenvalue weighted by atomic mass is 9.68. The fourth-order valence-corrected chi connectivity index (χ4v) is 7.29. The van der Waals surface area contributed by atoms with E-state index in [4.69, 9.17) is 9.97 Å². The van der Waals surface area contributed by atoms with Crippen LogP contribution in [0.4, 0.5) is 0 Å². The molecule has 9 rings (SSSR count). The number of fused-ring (bicyclic) bond motifs is 6. The van der Waals surface area contributed by atoms with Gasteiger partial charge in [0.15, 0.2) is 0 Å². The molecule has 0 N–H and O–H groups in total. The molecule has 1 atom stereocenters. The Morgan fingerprint density at radius 2 is 1.02 bits per heavy atom. The highest BCUT2D eigenvalue weighted by atomic mass is 14.8. The standard InChI is InChI=1S/C42H27N3/c1-3-11-28(12-4-1)37-24-22-29-20-21-30-23-25-38(45-41(30)40(29)44-37)34-17-9-19-36-39(34)33-16-7-8-18-35(33)42(36,31-13-5-2-6-14-31)32-15-10-26-43-27-32/h1-27H. The van der Waals surface area contributed by atoms with Crippen molar-refractivity contribution in [3.05, 3.63) is 186 Å². The van der Waals surface area contributed by atoms with Crippen molar-refractivity contribution < 1.29 is 0 Å². The summed E-state index contributed by atoms with van der Waals surface area (Å²) < 4.78 is 0. The number of benzene rings is 5. The Kier molecular flexibility index (Phi) is 5.72. The molecule has 0 bridgehead atoms. The minimum atomic E-state index is -0.507. The third-order valence-electron chi connectivity index (χ3n) is 9.24. The Labute approximate surface area is 261 Å². The van der Waals surface area contributed by atoms with Crippen molar-refractivity contribution in [3.63, 3.8) is 0 Å². The Bertz CT molecular complexity index is 2330. The van der Waals surface area contributed by atoms with E-state index in [0.717, 1.165) is 49.9 Å². The Balaban J connectivity index is 1.32. The topological polar surface area (TPSA) is 38.7 Å². The van der Waals surface area contributed by atoms with Crippen LogP contribution < -0.4 is 0 Å². The molecular formula is C42H27N3. The smallest absolute Gasteiger partial charge is 0.0972 e. The fourth-order valence-electron chi connectivity index (χ4n) is 7.29. The summed E-state index contributed by atoms with van der Waals surface area (Å²) in [5.41, 5.74) is 12.7. The molecular weight excluding hydrogens is 546 g/mol. The van der Waals surface area contributed by atoms with Gasteiger partial charge in [-0.05, 0) is 51.6 Å². The monoisotopic (exact) mass is 573 g/mol. The van der Waals surface area contributed by atoms with Gasteiger partial charge in [0, 0.05) is 34.3 Å². The quantitative estimate of drug-likeness (QED) is 0.197. The van der Waals surface area contributed by atoms with Crippen LogP contribution in [0.5, 0.6) is 0 Å². The molecule has 0 radical (unpaired) electrons. The highest BCUT2D eigenvalue weighted by molar-refractivity contribution is 6.05. The van der Waals surface area contributed by atoms with Gasteiger partial charge in [0.25, 0.3) is 0 Å². The van der Waals surface area contributed by atoms with Crippen LogP contribution >= 0.6 is 0 Å². The highest BCUT2D eigenvalue weighted by Gasteiger charge is 2.47. The zero-order valence-corrected chi connectivity index (χ0v) is 24.4. The zero-order chi connectivity index (χ0) is 29.8. The second-order valence-electron chi connectivity index (χ2n) is 11.6. The molecule has 3 aromatic heterocycles. The number of pyridine rings is 3. The number of rotatable bonds is 4. The van der Waals surface area contributed by atoms with Crippen molar-refractivity contribution >= 4 is 21.8 Å². The maximum absolute atomic E-state index is 5.38. The van der Waals surface area contributed by atoms with Crippen LogP contribution in [0.15, 0.2) is 164 Å². The lowest BCUT2D eigenvalue weighted by Crippen LogP contribution is -2.28. The summed E-state index contributed by atoms with van der Waals surface area (Å²) in [6, 6.07) is 53.7. The molecule has 0 fully saturated rings. The molecule has 0 saturated carbocycles. The molecule has 45 heavy (non-hydrogen) atoms. The first-order valence-electron chi connectivity index (χ1n) is 15.3. The van der Waals surface area contributed by atoms with Gasteiger partial charge in [-0.1, -0.05) is 133 Å². The van der Waals surface area contributed by atoms with Crippen molar-refractivity contribution in [3.8, 4) is 33.6 Å². The highest BCUT2D eigenvalue weighted by Crippen LogP contribution is 2.58. The molecule has 0 aliphatic heterocycles. The first-order chi connectivity index (χ1) is 22.3. The van der Waals surface area contributed by atoms with E-state index < -0.39 is 5.41 Å². The van der Waals surface area contributed by atoms with E-state index in [0.29, 0.717) is 0 Å². The Morgan fingerprint density at radius 3 is 1.78 bits per heavy atom. The van der Waals surface area contributed by atoms with Crippen molar-refractivity contribution in [1.29, 1.82) is 0 Å². The van der Waals surface area contributed by atoms with Gasteiger partial charge in [-0.2, -0.15) is 0 Å². The molecule has 5 aromatic carbocycles. The van der Waals surface area contributed by atoms with Crippen molar-refractivity contribution in [1.82, 2.24) is 15.0 Å². The summed E-state index contributed by atoms with van der Waals surface area (Å²) in [6.07, 6.45) is 3.86.